The van der Waals surface area contributed by atoms with Crippen molar-refractivity contribution in [1.29, 1.82) is 0 Å². The van der Waals surface area contributed by atoms with Crippen LogP contribution in [-0.2, 0) is 16.0 Å². The van der Waals surface area contributed by atoms with Crippen LogP contribution in [0.15, 0.2) is 10.6 Å². The molecule has 1 aromatic rings. The Morgan fingerprint density at radius 3 is 2.75 bits per heavy atom. The van der Waals surface area contributed by atoms with Crippen molar-refractivity contribution in [3.05, 3.63) is 17.5 Å². The fourth-order valence-corrected chi connectivity index (χ4v) is 4.36. The minimum absolute atomic E-state index is 0.373. The van der Waals surface area contributed by atoms with Crippen molar-refractivity contribution in [2.45, 2.75) is 32.4 Å². The number of hydrogen-bond acceptors (Lipinski definition) is 6. The first-order chi connectivity index (χ1) is 11.8. The van der Waals surface area contributed by atoms with E-state index in [-0.39, 0.29) is 0 Å². The summed E-state index contributed by atoms with van der Waals surface area (Å²) >= 11 is 0. The Balaban J connectivity index is 1.31. The van der Waals surface area contributed by atoms with Gasteiger partial charge < -0.3 is 18.9 Å². The maximum Gasteiger partial charge on any atom is 0.133 e. The molecule has 134 valence electrons. The van der Waals surface area contributed by atoms with Crippen LogP contribution in [0.1, 0.15) is 24.3 Å². The van der Waals surface area contributed by atoms with Crippen LogP contribution in [0.3, 0.4) is 0 Å². The normalized spacial score (nSPS) is 30.4. The van der Waals surface area contributed by atoms with Crippen LogP contribution in [0.5, 0.6) is 0 Å². The third-order valence-corrected chi connectivity index (χ3v) is 5.61. The molecule has 0 N–H and O–H groups in total. The zero-order valence-electron chi connectivity index (χ0n) is 14.7. The van der Waals surface area contributed by atoms with Gasteiger partial charge in [-0.25, -0.2) is 0 Å². The average Bonchev–Trinajstić information content (AvgIpc) is 3.10. The number of aryl methyl sites for hydroxylation is 1. The quantitative estimate of drug-likeness (QED) is 0.832. The molecule has 0 unspecified atom stereocenters. The van der Waals surface area contributed by atoms with Gasteiger partial charge in [0.15, 0.2) is 0 Å². The molecule has 0 bridgehead atoms. The van der Waals surface area contributed by atoms with Gasteiger partial charge >= 0.3 is 0 Å². The number of ether oxygens (including phenoxy) is 2. The molecule has 4 heterocycles. The monoisotopic (exact) mass is 335 g/mol. The molecule has 0 aliphatic carbocycles. The average molecular weight is 335 g/mol. The van der Waals surface area contributed by atoms with Crippen LogP contribution >= 0.6 is 0 Å². The molecule has 0 radical (unpaired) electrons. The zero-order chi connectivity index (χ0) is 16.4. The Labute approximate surface area is 144 Å². The summed E-state index contributed by atoms with van der Waals surface area (Å²) in [5.41, 5.74) is 1.03. The fourth-order valence-electron chi connectivity index (χ4n) is 4.36. The van der Waals surface area contributed by atoms with Gasteiger partial charge in [-0.1, -0.05) is 5.16 Å². The van der Waals surface area contributed by atoms with Crippen LogP contribution in [0.25, 0.3) is 0 Å². The highest BCUT2D eigenvalue weighted by atomic mass is 16.5. The topological polar surface area (TPSA) is 51.0 Å². The van der Waals surface area contributed by atoms with Crippen molar-refractivity contribution < 1.29 is 14.0 Å². The van der Waals surface area contributed by atoms with Crippen molar-refractivity contribution in [3.8, 4) is 0 Å². The molecule has 3 saturated heterocycles. The summed E-state index contributed by atoms with van der Waals surface area (Å²) in [5, 5.41) is 4.13. The molecule has 0 spiro atoms. The number of aromatic nitrogens is 1. The van der Waals surface area contributed by atoms with Crippen LogP contribution in [0.4, 0.5) is 0 Å². The van der Waals surface area contributed by atoms with E-state index < -0.39 is 0 Å². The molecule has 3 aliphatic heterocycles. The Kier molecular flexibility index (Phi) is 5.17. The van der Waals surface area contributed by atoms with E-state index in [1.165, 1.54) is 19.4 Å². The molecule has 24 heavy (non-hydrogen) atoms. The molecule has 6 heteroatoms. The Bertz CT molecular complexity index is 529. The van der Waals surface area contributed by atoms with Gasteiger partial charge in [0.2, 0.25) is 0 Å². The standard InChI is InChI=1S/C18H29N3O3/c1-14-8-17(19-24-14)12-21-11-16-10-20(4-7-23-18(16)13-21)9-15-2-5-22-6-3-15/h8,15-16,18H,2-7,9-13H2,1H3/t16-,18+/m0/s1. The second kappa shape index (κ2) is 7.52. The van der Waals surface area contributed by atoms with E-state index in [0.717, 1.165) is 69.9 Å². The van der Waals surface area contributed by atoms with Crippen LogP contribution in [0, 0.1) is 18.8 Å². The molecule has 1 aromatic heterocycles. The summed E-state index contributed by atoms with van der Waals surface area (Å²) in [6, 6.07) is 2.03. The second-order valence-corrected chi connectivity index (χ2v) is 7.61. The highest BCUT2D eigenvalue weighted by molar-refractivity contribution is 5.04. The summed E-state index contributed by atoms with van der Waals surface area (Å²) in [4.78, 5) is 5.09. The smallest absolute Gasteiger partial charge is 0.133 e. The minimum atomic E-state index is 0.373. The summed E-state index contributed by atoms with van der Waals surface area (Å²) < 4.78 is 16.8. The lowest BCUT2D eigenvalue weighted by Gasteiger charge is -2.30. The number of rotatable bonds is 4. The Morgan fingerprint density at radius 2 is 1.96 bits per heavy atom. The predicted octanol–water partition coefficient (Wildman–Crippen LogP) is 1.54. The molecular weight excluding hydrogens is 306 g/mol. The zero-order valence-corrected chi connectivity index (χ0v) is 14.7. The maximum atomic E-state index is 6.17. The lowest BCUT2D eigenvalue weighted by atomic mass is 9.98. The number of fused-ring (bicyclic) bond motifs is 1. The molecule has 4 rings (SSSR count). The third-order valence-electron chi connectivity index (χ3n) is 5.61. The van der Waals surface area contributed by atoms with Gasteiger partial charge in [-0.2, -0.15) is 0 Å². The van der Waals surface area contributed by atoms with Gasteiger partial charge in [-0.05, 0) is 25.7 Å². The van der Waals surface area contributed by atoms with Gasteiger partial charge in [-0.3, -0.25) is 4.90 Å². The van der Waals surface area contributed by atoms with Gasteiger partial charge in [0, 0.05) is 64.5 Å². The first kappa shape index (κ1) is 16.5. The molecule has 0 aromatic carbocycles. The van der Waals surface area contributed by atoms with E-state index in [0.29, 0.717) is 12.0 Å². The number of hydrogen-bond donors (Lipinski definition) is 0. The van der Waals surface area contributed by atoms with E-state index in [1.54, 1.807) is 0 Å². The van der Waals surface area contributed by atoms with Crippen LogP contribution in [0.2, 0.25) is 0 Å². The first-order valence-electron chi connectivity index (χ1n) is 9.32. The Morgan fingerprint density at radius 1 is 1.12 bits per heavy atom. The van der Waals surface area contributed by atoms with E-state index in [2.05, 4.69) is 15.0 Å². The number of nitrogens with zero attached hydrogens (tertiary/aromatic N) is 3. The minimum Gasteiger partial charge on any atom is -0.381 e. The van der Waals surface area contributed by atoms with Crippen molar-refractivity contribution in [2.24, 2.45) is 11.8 Å². The summed E-state index contributed by atoms with van der Waals surface area (Å²) in [6.45, 7) is 11.1. The van der Waals surface area contributed by atoms with E-state index in [9.17, 15) is 0 Å². The molecule has 3 aliphatic rings. The fraction of sp³-hybridized carbons (Fsp3) is 0.833. The maximum absolute atomic E-state index is 6.17. The van der Waals surface area contributed by atoms with Crippen LogP contribution < -0.4 is 0 Å². The Hall–Kier alpha value is -0.950. The summed E-state index contributed by atoms with van der Waals surface area (Å²) in [5.74, 6) is 2.29. The van der Waals surface area contributed by atoms with Crippen molar-refractivity contribution in [3.63, 3.8) is 0 Å². The van der Waals surface area contributed by atoms with Crippen molar-refractivity contribution >= 4 is 0 Å². The first-order valence-corrected chi connectivity index (χ1v) is 9.32. The summed E-state index contributed by atoms with van der Waals surface area (Å²) in [7, 11) is 0. The van der Waals surface area contributed by atoms with E-state index in [1.807, 2.05) is 13.0 Å². The predicted molar refractivity (Wildman–Crippen MR) is 89.7 cm³/mol. The van der Waals surface area contributed by atoms with E-state index >= 15 is 0 Å². The highest BCUT2D eigenvalue weighted by Gasteiger charge is 2.37. The molecule has 0 saturated carbocycles. The van der Waals surface area contributed by atoms with Crippen molar-refractivity contribution in [2.75, 3.05) is 52.5 Å². The highest BCUT2D eigenvalue weighted by Crippen LogP contribution is 2.26. The molecule has 0 amide bonds. The lowest BCUT2D eigenvalue weighted by molar-refractivity contribution is 0.0453. The van der Waals surface area contributed by atoms with Gasteiger partial charge in [0.25, 0.3) is 0 Å². The van der Waals surface area contributed by atoms with Gasteiger partial charge in [-0.15, -0.1) is 0 Å². The lowest BCUT2D eigenvalue weighted by Crippen LogP contribution is -2.37. The molecular formula is C18H29N3O3. The number of likely N-dealkylation sites (tertiary alicyclic amines) is 1. The van der Waals surface area contributed by atoms with Gasteiger partial charge in [0.1, 0.15) is 5.76 Å². The van der Waals surface area contributed by atoms with Gasteiger partial charge in [0.05, 0.1) is 18.4 Å². The van der Waals surface area contributed by atoms with Crippen LogP contribution in [-0.4, -0.2) is 73.6 Å². The molecule has 6 nitrogen and oxygen atoms in total. The molecule has 3 fully saturated rings. The molecule has 2 atom stereocenters. The third kappa shape index (κ3) is 3.99. The van der Waals surface area contributed by atoms with Crippen molar-refractivity contribution in [1.82, 2.24) is 15.0 Å². The SMILES string of the molecule is Cc1cc(CN2C[C@@H]3CN(CC4CCOCC4)CCO[C@@H]3C2)no1. The second-order valence-electron chi connectivity index (χ2n) is 7.61. The van der Waals surface area contributed by atoms with E-state index in [4.69, 9.17) is 14.0 Å². The summed E-state index contributed by atoms with van der Waals surface area (Å²) in [6.07, 6.45) is 2.80. The largest absolute Gasteiger partial charge is 0.381 e.